The Morgan fingerprint density at radius 2 is 1.89 bits per heavy atom. The van der Waals surface area contributed by atoms with Crippen LogP contribution in [0.15, 0.2) is 11.1 Å². The second kappa shape index (κ2) is 6.15. The van der Waals surface area contributed by atoms with Crippen LogP contribution >= 0.6 is 0 Å². The van der Waals surface area contributed by atoms with Gasteiger partial charge in [-0.2, -0.15) is 0 Å². The molecule has 2 heterocycles. The highest BCUT2D eigenvalue weighted by atomic mass is 28.4. The molecular formula is C21H36O5Si. The summed E-state index contributed by atoms with van der Waals surface area (Å²) >= 11 is 0. The number of hydrogen-bond donors (Lipinski definition) is 1. The van der Waals surface area contributed by atoms with E-state index in [-0.39, 0.29) is 16.4 Å². The zero-order valence-electron chi connectivity index (χ0n) is 18.2. The molecule has 154 valence electrons. The van der Waals surface area contributed by atoms with Gasteiger partial charge in [-0.15, -0.1) is 0 Å². The molecule has 1 unspecified atom stereocenters. The van der Waals surface area contributed by atoms with Crippen LogP contribution in [0.3, 0.4) is 0 Å². The maximum atomic E-state index is 12.6. The van der Waals surface area contributed by atoms with Crippen LogP contribution < -0.4 is 0 Å². The number of rotatable bonds is 6. The lowest BCUT2D eigenvalue weighted by atomic mass is 9.64. The molecule has 3 aliphatic rings. The van der Waals surface area contributed by atoms with E-state index in [0.717, 1.165) is 24.8 Å². The highest BCUT2D eigenvalue weighted by Crippen LogP contribution is 2.74. The van der Waals surface area contributed by atoms with Gasteiger partial charge in [0.15, 0.2) is 8.32 Å². The molecule has 2 bridgehead atoms. The molecule has 0 amide bonds. The molecule has 27 heavy (non-hydrogen) atoms. The predicted molar refractivity (Wildman–Crippen MR) is 107 cm³/mol. The Labute approximate surface area is 164 Å². The summed E-state index contributed by atoms with van der Waals surface area (Å²) in [4.78, 5) is 12.6. The summed E-state index contributed by atoms with van der Waals surface area (Å²) in [5, 5.41) is 11.4. The fraction of sp³-hybridized carbons (Fsp3) is 0.857. The summed E-state index contributed by atoms with van der Waals surface area (Å²) in [5.74, 6) is -0.318. The summed E-state index contributed by atoms with van der Waals surface area (Å²) in [6, 6.07) is 0. The standard InChI is InChI=1S/C21H36O5Si/c1-18(2,3)27(7,8)25-13-9-10-14-15(17(22)24-6)20(5)21(11-12-21)19(4,23)16(14)26-20/h16,23H,9-13H2,1-8H3/t16-,19?,20+/m1/s1. The summed E-state index contributed by atoms with van der Waals surface area (Å²) in [6.07, 6.45) is 2.84. The van der Waals surface area contributed by atoms with Gasteiger partial charge in [-0.25, -0.2) is 4.79 Å². The van der Waals surface area contributed by atoms with Crippen molar-refractivity contribution in [1.29, 1.82) is 0 Å². The van der Waals surface area contributed by atoms with Gasteiger partial charge in [-0.1, -0.05) is 20.8 Å². The van der Waals surface area contributed by atoms with Crippen LogP contribution in [0.25, 0.3) is 0 Å². The monoisotopic (exact) mass is 396 g/mol. The minimum Gasteiger partial charge on any atom is -0.466 e. The Bertz CT molecular complexity index is 669. The first-order valence-corrected chi connectivity index (χ1v) is 13.0. The lowest BCUT2D eigenvalue weighted by Crippen LogP contribution is -2.52. The van der Waals surface area contributed by atoms with Gasteiger partial charge in [0.1, 0.15) is 17.3 Å². The molecule has 2 fully saturated rings. The van der Waals surface area contributed by atoms with E-state index in [4.69, 9.17) is 13.9 Å². The fourth-order valence-corrected chi connectivity index (χ4v) is 6.03. The molecule has 1 saturated heterocycles. The summed E-state index contributed by atoms with van der Waals surface area (Å²) < 4.78 is 17.7. The molecular weight excluding hydrogens is 360 g/mol. The number of aliphatic hydroxyl groups is 1. The summed E-state index contributed by atoms with van der Waals surface area (Å²) in [5.41, 5.74) is -0.481. The number of esters is 1. The van der Waals surface area contributed by atoms with E-state index >= 15 is 0 Å². The Morgan fingerprint density at radius 1 is 1.30 bits per heavy atom. The lowest BCUT2D eigenvalue weighted by molar-refractivity contribution is -0.139. The van der Waals surface area contributed by atoms with Crippen molar-refractivity contribution in [3.63, 3.8) is 0 Å². The highest BCUT2D eigenvalue weighted by Gasteiger charge is 2.80. The molecule has 6 heteroatoms. The van der Waals surface area contributed by atoms with Gasteiger partial charge in [0.05, 0.1) is 12.7 Å². The van der Waals surface area contributed by atoms with Gasteiger partial charge in [0.25, 0.3) is 0 Å². The maximum absolute atomic E-state index is 12.6. The summed E-state index contributed by atoms with van der Waals surface area (Å²) in [7, 11) is -0.371. The number of carbonyl (C=O) groups excluding carboxylic acids is 1. The minimum atomic E-state index is -1.79. The third-order valence-corrected chi connectivity index (χ3v) is 12.4. The van der Waals surface area contributed by atoms with Crippen LogP contribution in [0.4, 0.5) is 0 Å². The van der Waals surface area contributed by atoms with Gasteiger partial charge >= 0.3 is 5.97 Å². The molecule has 0 radical (unpaired) electrons. The molecule has 1 aliphatic carbocycles. The van der Waals surface area contributed by atoms with Crippen molar-refractivity contribution < 1.29 is 23.8 Å². The van der Waals surface area contributed by atoms with Crippen LogP contribution in [0.5, 0.6) is 0 Å². The molecule has 1 spiro atoms. The number of hydrogen-bond acceptors (Lipinski definition) is 5. The molecule has 0 aromatic carbocycles. The van der Waals surface area contributed by atoms with Crippen molar-refractivity contribution in [2.75, 3.05) is 13.7 Å². The normalized spacial score (nSPS) is 34.5. The SMILES string of the molecule is COC(=O)C1=C(CCCO[Si](C)(C)C(C)(C)C)[C@H]2O[C@]1(C)C1(CC1)C2(C)O. The van der Waals surface area contributed by atoms with Gasteiger partial charge < -0.3 is 19.0 Å². The van der Waals surface area contributed by atoms with Crippen LogP contribution in [-0.4, -0.2) is 50.4 Å². The zero-order valence-corrected chi connectivity index (χ0v) is 19.2. The first-order valence-electron chi connectivity index (χ1n) is 10.1. The van der Waals surface area contributed by atoms with E-state index in [0.29, 0.717) is 18.6 Å². The first kappa shape index (κ1) is 21.0. The Kier molecular flexibility index (Phi) is 4.79. The van der Waals surface area contributed by atoms with E-state index < -0.39 is 25.6 Å². The van der Waals surface area contributed by atoms with E-state index in [9.17, 15) is 9.90 Å². The summed E-state index contributed by atoms with van der Waals surface area (Å²) in [6.45, 7) is 15.7. The molecule has 1 saturated carbocycles. The van der Waals surface area contributed by atoms with Gasteiger partial charge in [-0.05, 0) is 63.2 Å². The number of ether oxygens (including phenoxy) is 2. The largest absolute Gasteiger partial charge is 0.466 e. The van der Waals surface area contributed by atoms with E-state index in [1.54, 1.807) is 0 Å². The molecule has 0 aromatic rings. The Balaban J connectivity index is 1.78. The van der Waals surface area contributed by atoms with Gasteiger partial charge in [-0.3, -0.25) is 0 Å². The van der Waals surface area contributed by atoms with Crippen molar-refractivity contribution >= 4 is 14.3 Å². The van der Waals surface area contributed by atoms with E-state index in [1.165, 1.54) is 7.11 Å². The predicted octanol–water partition coefficient (Wildman–Crippen LogP) is 3.96. The molecule has 2 aliphatic heterocycles. The van der Waals surface area contributed by atoms with Crippen molar-refractivity contribution in [3.05, 3.63) is 11.1 Å². The lowest BCUT2D eigenvalue weighted by Gasteiger charge is -2.40. The molecule has 3 rings (SSSR count). The fourth-order valence-electron chi connectivity index (χ4n) is 4.94. The Morgan fingerprint density at radius 3 is 2.37 bits per heavy atom. The van der Waals surface area contributed by atoms with Crippen molar-refractivity contribution in [2.45, 2.75) is 95.7 Å². The minimum absolute atomic E-state index is 0.175. The van der Waals surface area contributed by atoms with E-state index in [1.807, 2.05) is 13.8 Å². The average Bonchev–Trinajstić information content (AvgIpc) is 3.28. The van der Waals surface area contributed by atoms with Crippen LogP contribution in [0.1, 0.15) is 60.3 Å². The number of fused-ring (bicyclic) bond motifs is 3. The second-order valence-electron chi connectivity index (χ2n) is 10.4. The smallest absolute Gasteiger partial charge is 0.336 e. The third-order valence-electron chi connectivity index (χ3n) is 7.86. The number of carbonyl (C=O) groups is 1. The maximum Gasteiger partial charge on any atom is 0.336 e. The molecule has 0 aromatic heterocycles. The van der Waals surface area contributed by atoms with Crippen LogP contribution in [-0.2, 0) is 18.7 Å². The Hall–Kier alpha value is -0.693. The zero-order chi connectivity index (χ0) is 20.5. The topological polar surface area (TPSA) is 65.0 Å². The number of methoxy groups -OCH3 is 1. The first-order chi connectivity index (χ1) is 12.3. The van der Waals surface area contributed by atoms with Crippen molar-refractivity contribution in [3.8, 4) is 0 Å². The van der Waals surface area contributed by atoms with Crippen LogP contribution in [0.2, 0.25) is 18.1 Å². The van der Waals surface area contributed by atoms with Crippen LogP contribution in [0, 0.1) is 5.41 Å². The van der Waals surface area contributed by atoms with Crippen molar-refractivity contribution in [1.82, 2.24) is 0 Å². The molecule has 5 nitrogen and oxygen atoms in total. The average molecular weight is 397 g/mol. The third kappa shape index (κ3) is 2.78. The highest BCUT2D eigenvalue weighted by molar-refractivity contribution is 6.74. The second-order valence-corrected chi connectivity index (χ2v) is 15.2. The van der Waals surface area contributed by atoms with Gasteiger partial charge in [0, 0.05) is 12.0 Å². The van der Waals surface area contributed by atoms with E-state index in [2.05, 4.69) is 33.9 Å². The van der Waals surface area contributed by atoms with Crippen molar-refractivity contribution in [2.24, 2.45) is 5.41 Å². The molecule has 1 N–H and O–H groups in total. The molecule has 3 atom stereocenters. The quantitative estimate of drug-likeness (QED) is 0.418. The van der Waals surface area contributed by atoms with Gasteiger partial charge in [0.2, 0.25) is 0 Å².